The first-order valence-electron chi connectivity index (χ1n) is 7.09. The van der Waals surface area contributed by atoms with Crippen LogP contribution in [0.5, 0.6) is 5.75 Å². The zero-order valence-corrected chi connectivity index (χ0v) is 11.8. The van der Waals surface area contributed by atoms with Gasteiger partial charge in [-0.1, -0.05) is 38.3 Å². The monoisotopic (exact) mass is 264 g/mol. The number of ether oxygens (including phenoxy) is 1. The molecule has 2 aliphatic rings. The second-order valence-electron chi connectivity index (χ2n) is 6.04. The largest absolute Gasteiger partial charge is 0.493 e. The van der Waals surface area contributed by atoms with Crippen molar-refractivity contribution in [2.75, 3.05) is 6.61 Å². The van der Waals surface area contributed by atoms with Crippen LogP contribution in [-0.4, -0.2) is 6.61 Å². The summed E-state index contributed by atoms with van der Waals surface area (Å²) in [5.74, 6) is 1.05. The van der Waals surface area contributed by atoms with Crippen molar-refractivity contribution < 1.29 is 4.74 Å². The van der Waals surface area contributed by atoms with E-state index in [-0.39, 0.29) is 10.8 Å². The lowest BCUT2D eigenvalue weighted by Gasteiger charge is -2.38. The van der Waals surface area contributed by atoms with Gasteiger partial charge in [0.25, 0.3) is 0 Å². The van der Waals surface area contributed by atoms with Gasteiger partial charge in [0.05, 0.1) is 12.0 Å². The van der Waals surface area contributed by atoms with Crippen molar-refractivity contribution in [2.45, 2.75) is 50.8 Å². The van der Waals surface area contributed by atoms with Crippen molar-refractivity contribution in [1.29, 1.82) is 0 Å². The molecule has 18 heavy (non-hydrogen) atoms. The molecule has 1 unspecified atom stereocenters. The first-order chi connectivity index (χ1) is 8.69. The van der Waals surface area contributed by atoms with Crippen LogP contribution < -0.4 is 4.74 Å². The summed E-state index contributed by atoms with van der Waals surface area (Å²) >= 11 is 6.79. The maximum absolute atomic E-state index is 6.79. The Bertz CT molecular complexity index is 435. The molecule has 3 rings (SSSR count). The third-order valence-electron chi connectivity index (χ3n) is 4.61. The van der Waals surface area contributed by atoms with Gasteiger partial charge in [0.15, 0.2) is 0 Å². The fourth-order valence-corrected chi connectivity index (χ4v) is 3.73. The zero-order valence-electron chi connectivity index (χ0n) is 11.0. The van der Waals surface area contributed by atoms with Gasteiger partial charge in [-0.2, -0.15) is 0 Å². The number of fused-ring (bicyclic) bond motifs is 1. The molecule has 98 valence electrons. The second-order valence-corrected chi connectivity index (χ2v) is 6.48. The van der Waals surface area contributed by atoms with Crippen molar-refractivity contribution in [1.82, 2.24) is 0 Å². The van der Waals surface area contributed by atoms with Crippen LogP contribution in [0.4, 0.5) is 0 Å². The van der Waals surface area contributed by atoms with E-state index in [1.54, 1.807) is 0 Å². The van der Waals surface area contributed by atoms with Crippen molar-refractivity contribution in [3.05, 3.63) is 29.3 Å². The predicted octanol–water partition coefficient (Wildman–Crippen LogP) is 4.87. The molecule has 0 aromatic heterocycles. The van der Waals surface area contributed by atoms with Gasteiger partial charge in [0.2, 0.25) is 0 Å². The van der Waals surface area contributed by atoms with Gasteiger partial charge in [-0.15, -0.1) is 11.6 Å². The van der Waals surface area contributed by atoms with Crippen LogP contribution >= 0.6 is 11.6 Å². The Labute approximate surface area is 114 Å². The Morgan fingerprint density at radius 2 is 2.00 bits per heavy atom. The van der Waals surface area contributed by atoms with Crippen LogP contribution in [0.1, 0.15) is 55.5 Å². The molecule has 0 amide bonds. The van der Waals surface area contributed by atoms with Crippen LogP contribution in [0, 0.1) is 5.41 Å². The standard InChI is InChI=1S/C16H21ClO/c1-16(8-3-2-4-9-16)15(17)13-5-6-14-12(11-13)7-10-18-14/h5-6,11,15H,2-4,7-10H2,1H3. The van der Waals surface area contributed by atoms with Crippen molar-refractivity contribution in [3.63, 3.8) is 0 Å². The van der Waals surface area contributed by atoms with Crippen LogP contribution in [0.25, 0.3) is 0 Å². The highest BCUT2D eigenvalue weighted by Gasteiger charge is 2.35. The summed E-state index contributed by atoms with van der Waals surface area (Å²) in [4.78, 5) is 0. The molecule has 1 aliphatic carbocycles. The molecule has 1 heterocycles. The summed E-state index contributed by atoms with van der Waals surface area (Å²) in [6.07, 6.45) is 7.58. The highest BCUT2D eigenvalue weighted by atomic mass is 35.5. The number of alkyl halides is 1. The topological polar surface area (TPSA) is 9.23 Å². The van der Waals surface area contributed by atoms with E-state index in [1.165, 1.54) is 43.2 Å². The van der Waals surface area contributed by atoms with Crippen molar-refractivity contribution >= 4 is 11.6 Å². The summed E-state index contributed by atoms with van der Waals surface area (Å²) in [5, 5.41) is 0.142. The molecule has 1 saturated carbocycles. The summed E-state index contributed by atoms with van der Waals surface area (Å²) in [6, 6.07) is 6.51. The molecular formula is C16H21ClO. The molecule has 0 saturated heterocycles. The fourth-order valence-electron chi connectivity index (χ4n) is 3.38. The van der Waals surface area contributed by atoms with Crippen LogP contribution in [0.15, 0.2) is 18.2 Å². The fraction of sp³-hybridized carbons (Fsp3) is 0.625. The number of halogens is 1. The number of hydrogen-bond acceptors (Lipinski definition) is 1. The van der Waals surface area contributed by atoms with Gasteiger partial charge in [-0.3, -0.25) is 0 Å². The molecule has 1 atom stereocenters. The minimum absolute atomic E-state index is 0.142. The van der Waals surface area contributed by atoms with E-state index in [1.807, 2.05) is 0 Å². The first-order valence-corrected chi connectivity index (χ1v) is 7.52. The average molecular weight is 265 g/mol. The summed E-state index contributed by atoms with van der Waals surface area (Å²) in [5.41, 5.74) is 2.89. The predicted molar refractivity (Wildman–Crippen MR) is 75.4 cm³/mol. The van der Waals surface area contributed by atoms with Gasteiger partial charge in [-0.05, 0) is 35.4 Å². The SMILES string of the molecule is CC1(C(Cl)c2ccc3c(c2)CCO3)CCCCC1. The minimum atomic E-state index is 0.142. The van der Waals surface area contributed by atoms with E-state index in [2.05, 4.69) is 25.1 Å². The Kier molecular flexibility index (Phi) is 3.27. The minimum Gasteiger partial charge on any atom is -0.493 e. The van der Waals surface area contributed by atoms with E-state index < -0.39 is 0 Å². The number of hydrogen-bond donors (Lipinski definition) is 0. The van der Waals surface area contributed by atoms with Gasteiger partial charge in [0, 0.05) is 6.42 Å². The smallest absolute Gasteiger partial charge is 0.122 e. The Morgan fingerprint density at radius 3 is 2.78 bits per heavy atom. The first kappa shape index (κ1) is 12.3. The number of rotatable bonds is 2. The van der Waals surface area contributed by atoms with Gasteiger partial charge in [-0.25, -0.2) is 0 Å². The van der Waals surface area contributed by atoms with Gasteiger partial charge in [0.1, 0.15) is 5.75 Å². The molecule has 1 aliphatic heterocycles. The molecule has 1 aromatic rings. The molecular weight excluding hydrogens is 244 g/mol. The Hall–Kier alpha value is -0.690. The lowest BCUT2D eigenvalue weighted by atomic mass is 9.71. The van der Waals surface area contributed by atoms with E-state index in [0.717, 1.165) is 18.8 Å². The normalized spacial score (nSPS) is 23.2. The molecule has 1 fully saturated rings. The lowest BCUT2D eigenvalue weighted by molar-refractivity contribution is 0.206. The third-order valence-corrected chi connectivity index (χ3v) is 5.39. The van der Waals surface area contributed by atoms with E-state index in [4.69, 9.17) is 16.3 Å². The Morgan fingerprint density at radius 1 is 1.22 bits per heavy atom. The van der Waals surface area contributed by atoms with Crippen molar-refractivity contribution in [3.8, 4) is 5.75 Å². The van der Waals surface area contributed by atoms with Crippen LogP contribution in [0.2, 0.25) is 0 Å². The highest BCUT2D eigenvalue weighted by molar-refractivity contribution is 6.21. The average Bonchev–Trinajstić information content (AvgIpc) is 2.86. The maximum atomic E-state index is 6.79. The molecule has 1 nitrogen and oxygen atoms in total. The quantitative estimate of drug-likeness (QED) is 0.693. The second kappa shape index (κ2) is 4.77. The van der Waals surface area contributed by atoms with Crippen LogP contribution in [0.3, 0.4) is 0 Å². The molecule has 1 aromatic carbocycles. The van der Waals surface area contributed by atoms with Gasteiger partial charge < -0.3 is 4.74 Å². The summed E-state index contributed by atoms with van der Waals surface area (Å²) in [7, 11) is 0. The summed E-state index contributed by atoms with van der Waals surface area (Å²) in [6.45, 7) is 3.18. The van der Waals surface area contributed by atoms with E-state index >= 15 is 0 Å². The van der Waals surface area contributed by atoms with Gasteiger partial charge >= 0.3 is 0 Å². The lowest BCUT2D eigenvalue weighted by Crippen LogP contribution is -2.25. The highest BCUT2D eigenvalue weighted by Crippen LogP contribution is 2.49. The zero-order chi connectivity index (χ0) is 12.6. The molecule has 0 bridgehead atoms. The molecule has 0 spiro atoms. The number of benzene rings is 1. The third kappa shape index (κ3) is 2.14. The maximum Gasteiger partial charge on any atom is 0.122 e. The van der Waals surface area contributed by atoms with Crippen LogP contribution in [-0.2, 0) is 6.42 Å². The van der Waals surface area contributed by atoms with Crippen molar-refractivity contribution in [2.24, 2.45) is 5.41 Å². The van der Waals surface area contributed by atoms with E-state index in [0.29, 0.717) is 0 Å². The molecule has 0 radical (unpaired) electrons. The Balaban J connectivity index is 1.85. The van der Waals surface area contributed by atoms with E-state index in [9.17, 15) is 0 Å². The molecule has 0 N–H and O–H groups in total. The molecule has 2 heteroatoms. The summed E-state index contributed by atoms with van der Waals surface area (Å²) < 4.78 is 5.56.